The van der Waals surface area contributed by atoms with E-state index in [1.165, 1.54) is 0 Å². The smallest absolute Gasteiger partial charge is 0.234 e. The van der Waals surface area contributed by atoms with Gasteiger partial charge in [0.15, 0.2) is 0 Å². The molecule has 0 aliphatic carbocycles. The zero-order valence-electron chi connectivity index (χ0n) is 11.0. The molecule has 0 radical (unpaired) electrons. The molecule has 0 aromatic carbocycles. The molecule has 1 amide bonds. The molecule has 3 atom stereocenters. The molecule has 1 saturated heterocycles. The van der Waals surface area contributed by atoms with E-state index in [4.69, 9.17) is 4.74 Å². The van der Waals surface area contributed by atoms with Gasteiger partial charge in [0.25, 0.3) is 0 Å². The van der Waals surface area contributed by atoms with Crippen molar-refractivity contribution in [2.45, 2.75) is 32.4 Å². The van der Waals surface area contributed by atoms with Crippen molar-refractivity contribution >= 4 is 5.91 Å². The first-order valence-electron chi connectivity index (χ1n) is 6.21. The molecule has 1 aliphatic heterocycles. The predicted octanol–water partition coefficient (Wildman–Crippen LogP) is -0.160. The molecular formula is C12H24N2O3. The zero-order valence-corrected chi connectivity index (χ0v) is 11.0. The molecule has 0 saturated carbocycles. The molecule has 1 rings (SSSR count). The van der Waals surface area contributed by atoms with Crippen LogP contribution < -0.4 is 5.32 Å². The quantitative estimate of drug-likeness (QED) is 0.681. The average molecular weight is 244 g/mol. The largest absolute Gasteiger partial charge is 0.395 e. The van der Waals surface area contributed by atoms with E-state index in [0.717, 1.165) is 13.0 Å². The van der Waals surface area contributed by atoms with Crippen molar-refractivity contribution in [1.82, 2.24) is 10.2 Å². The third-order valence-electron chi connectivity index (χ3n) is 3.36. The minimum atomic E-state index is 0.00194. The van der Waals surface area contributed by atoms with Crippen molar-refractivity contribution in [3.63, 3.8) is 0 Å². The average Bonchev–Trinajstić information content (AvgIpc) is 2.59. The normalized spacial score (nSPS) is 27.1. The molecule has 17 heavy (non-hydrogen) atoms. The number of carbonyl (C=O) groups is 1. The van der Waals surface area contributed by atoms with Crippen molar-refractivity contribution in [2.75, 3.05) is 33.4 Å². The van der Waals surface area contributed by atoms with Crippen LogP contribution in [-0.2, 0) is 9.53 Å². The Hall–Kier alpha value is -0.650. The van der Waals surface area contributed by atoms with Gasteiger partial charge in [-0.05, 0) is 25.8 Å². The number of carbonyl (C=O) groups excluding carboxylic acids is 1. The number of rotatable bonds is 6. The fraction of sp³-hybridized carbons (Fsp3) is 0.917. The van der Waals surface area contributed by atoms with Crippen molar-refractivity contribution < 1.29 is 14.6 Å². The van der Waals surface area contributed by atoms with Gasteiger partial charge in [-0.3, -0.25) is 9.69 Å². The number of hydrogen-bond acceptors (Lipinski definition) is 4. The second-order valence-electron chi connectivity index (χ2n) is 4.91. The van der Waals surface area contributed by atoms with Crippen LogP contribution in [0.5, 0.6) is 0 Å². The fourth-order valence-corrected chi connectivity index (χ4v) is 2.38. The van der Waals surface area contributed by atoms with E-state index in [1.807, 2.05) is 6.92 Å². The molecule has 0 aromatic heterocycles. The summed E-state index contributed by atoms with van der Waals surface area (Å²) in [6.45, 7) is 5.93. The SMILES string of the molecule is COCC(C)NC(=O)CN1CCC(C)C1CO. The highest BCUT2D eigenvalue weighted by atomic mass is 16.5. The lowest BCUT2D eigenvalue weighted by Crippen LogP contribution is -2.45. The Labute approximate surface area is 103 Å². The van der Waals surface area contributed by atoms with E-state index in [1.54, 1.807) is 7.11 Å². The van der Waals surface area contributed by atoms with Crippen LogP contribution in [0.3, 0.4) is 0 Å². The Balaban J connectivity index is 2.35. The number of amides is 1. The summed E-state index contributed by atoms with van der Waals surface area (Å²) in [5.74, 6) is 0.464. The Morgan fingerprint density at radius 3 is 2.94 bits per heavy atom. The Morgan fingerprint density at radius 1 is 1.65 bits per heavy atom. The van der Waals surface area contributed by atoms with Gasteiger partial charge in [-0.1, -0.05) is 6.92 Å². The molecular weight excluding hydrogens is 220 g/mol. The van der Waals surface area contributed by atoms with Crippen LogP contribution in [-0.4, -0.2) is 61.4 Å². The monoisotopic (exact) mass is 244 g/mol. The van der Waals surface area contributed by atoms with Gasteiger partial charge in [0.2, 0.25) is 5.91 Å². The standard InChI is InChI=1S/C12H24N2O3/c1-9-4-5-14(11(9)7-15)6-12(16)13-10(2)8-17-3/h9-11,15H,4-8H2,1-3H3,(H,13,16). The molecule has 5 heteroatoms. The van der Waals surface area contributed by atoms with Crippen molar-refractivity contribution in [3.05, 3.63) is 0 Å². The summed E-state index contributed by atoms with van der Waals surface area (Å²) in [7, 11) is 1.62. The van der Waals surface area contributed by atoms with Gasteiger partial charge in [0.05, 0.1) is 19.8 Å². The number of aliphatic hydroxyl groups excluding tert-OH is 1. The summed E-state index contributed by atoms with van der Waals surface area (Å²) in [6.07, 6.45) is 1.05. The van der Waals surface area contributed by atoms with E-state index in [9.17, 15) is 9.90 Å². The Bertz CT molecular complexity index is 248. The van der Waals surface area contributed by atoms with Gasteiger partial charge in [-0.25, -0.2) is 0 Å². The molecule has 0 bridgehead atoms. The first-order chi connectivity index (χ1) is 8.08. The Kier molecular flexibility index (Phi) is 5.88. The maximum atomic E-state index is 11.8. The lowest BCUT2D eigenvalue weighted by molar-refractivity contribution is -0.123. The van der Waals surface area contributed by atoms with Gasteiger partial charge in [0.1, 0.15) is 0 Å². The number of aliphatic hydroxyl groups is 1. The highest BCUT2D eigenvalue weighted by molar-refractivity contribution is 5.78. The van der Waals surface area contributed by atoms with Crippen LogP contribution in [0.1, 0.15) is 20.3 Å². The molecule has 1 fully saturated rings. The number of nitrogens with one attached hydrogen (secondary N) is 1. The third kappa shape index (κ3) is 4.26. The summed E-state index contributed by atoms with van der Waals surface area (Å²) in [6, 6.07) is 0.151. The first-order valence-corrected chi connectivity index (χ1v) is 6.21. The molecule has 1 aliphatic rings. The summed E-state index contributed by atoms with van der Waals surface area (Å²) in [5.41, 5.74) is 0. The number of ether oxygens (including phenoxy) is 1. The van der Waals surface area contributed by atoms with Crippen LogP contribution in [0, 0.1) is 5.92 Å². The van der Waals surface area contributed by atoms with Crippen LogP contribution in [0.4, 0.5) is 0 Å². The van der Waals surface area contributed by atoms with Crippen molar-refractivity contribution in [3.8, 4) is 0 Å². The van der Waals surface area contributed by atoms with Gasteiger partial charge in [-0.2, -0.15) is 0 Å². The second kappa shape index (κ2) is 6.93. The first kappa shape index (κ1) is 14.4. The summed E-state index contributed by atoms with van der Waals surface area (Å²) < 4.78 is 4.97. The van der Waals surface area contributed by atoms with Gasteiger partial charge >= 0.3 is 0 Å². The molecule has 3 unspecified atom stereocenters. The van der Waals surface area contributed by atoms with Crippen molar-refractivity contribution in [2.24, 2.45) is 5.92 Å². The van der Waals surface area contributed by atoms with E-state index in [2.05, 4.69) is 17.1 Å². The van der Waals surface area contributed by atoms with Gasteiger partial charge < -0.3 is 15.2 Å². The number of hydrogen-bond donors (Lipinski definition) is 2. The second-order valence-corrected chi connectivity index (χ2v) is 4.91. The zero-order chi connectivity index (χ0) is 12.8. The summed E-state index contributed by atoms with van der Waals surface area (Å²) in [5, 5.41) is 12.2. The van der Waals surface area contributed by atoms with Crippen LogP contribution in [0.15, 0.2) is 0 Å². The third-order valence-corrected chi connectivity index (χ3v) is 3.36. The molecule has 2 N–H and O–H groups in total. The summed E-state index contributed by atoms with van der Waals surface area (Å²) in [4.78, 5) is 13.8. The highest BCUT2D eigenvalue weighted by Crippen LogP contribution is 2.22. The van der Waals surface area contributed by atoms with Crippen molar-refractivity contribution in [1.29, 1.82) is 0 Å². The van der Waals surface area contributed by atoms with Crippen LogP contribution in [0.2, 0.25) is 0 Å². The van der Waals surface area contributed by atoms with Crippen LogP contribution >= 0.6 is 0 Å². The molecule has 0 aromatic rings. The molecule has 0 spiro atoms. The van der Waals surface area contributed by atoms with Gasteiger partial charge in [-0.15, -0.1) is 0 Å². The van der Waals surface area contributed by atoms with E-state index in [-0.39, 0.29) is 24.6 Å². The Morgan fingerprint density at radius 2 is 2.35 bits per heavy atom. The van der Waals surface area contributed by atoms with Gasteiger partial charge in [0, 0.05) is 19.2 Å². The lowest BCUT2D eigenvalue weighted by atomic mass is 10.0. The number of nitrogens with zero attached hydrogens (tertiary/aromatic N) is 1. The number of likely N-dealkylation sites (tertiary alicyclic amines) is 1. The van der Waals surface area contributed by atoms with Crippen LogP contribution in [0.25, 0.3) is 0 Å². The molecule has 1 heterocycles. The topological polar surface area (TPSA) is 61.8 Å². The highest BCUT2D eigenvalue weighted by Gasteiger charge is 2.31. The maximum absolute atomic E-state index is 11.8. The lowest BCUT2D eigenvalue weighted by Gasteiger charge is -2.25. The minimum absolute atomic E-state index is 0.00194. The van der Waals surface area contributed by atoms with E-state index >= 15 is 0 Å². The minimum Gasteiger partial charge on any atom is -0.395 e. The van der Waals surface area contributed by atoms with E-state index < -0.39 is 0 Å². The predicted molar refractivity (Wildman–Crippen MR) is 65.7 cm³/mol. The fourth-order valence-electron chi connectivity index (χ4n) is 2.38. The van der Waals surface area contributed by atoms with E-state index in [0.29, 0.717) is 19.1 Å². The number of methoxy groups -OCH3 is 1. The maximum Gasteiger partial charge on any atom is 0.234 e. The molecule has 100 valence electrons. The molecule has 5 nitrogen and oxygen atoms in total. The summed E-state index contributed by atoms with van der Waals surface area (Å²) >= 11 is 0.